The molecule has 9 heteroatoms. The SMILES string of the molecule is Cc1cc2[nH]c(=O)oc2cc1S(=O)(=O)Nc1cccc(Cl)c1Cl. The minimum Gasteiger partial charge on any atom is -0.408 e. The quantitative estimate of drug-likeness (QED) is 0.735. The number of halogens is 2. The van der Waals surface area contributed by atoms with Crippen LogP contribution in [0.1, 0.15) is 5.56 Å². The van der Waals surface area contributed by atoms with Gasteiger partial charge < -0.3 is 4.42 Å². The lowest BCUT2D eigenvalue weighted by Crippen LogP contribution is -2.14. The monoisotopic (exact) mass is 372 g/mol. The second-order valence-electron chi connectivity index (χ2n) is 4.84. The highest BCUT2D eigenvalue weighted by Crippen LogP contribution is 2.32. The van der Waals surface area contributed by atoms with Crippen molar-refractivity contribution in [1.82, 2.24) is 4.98 Å². The van der Waals surface area contributed by atoms with Gasteiger partial charge in [0.2, 0.25) is 0 Å². The van der Waals surface area contributed by atoms with E-state index in [9.17, 15) is 13.2 Å². The molecule has 0 aliphatic carbocycles. The number of nitrogens with one attached hydrogen (secondary N) is 2. The van der Waals surface area contributed by atoms with Gasteiger partial charge >= 0.3 is 5.76 Å². The fourth-order valence-corrected chi connectivity index (χ4v) is 3.88. The van der Waals surface area contributed by atoms with E-state index in [0.29, 0.717) is 11.1 Å². The summed E-state index contributed by atoms with van der Waals surface area (Å²) in [5.41, 5.74) is 1.18. The van der Waals surface area contributed by atoms with Crippen LogP contribution in [-0.2, 0) is 10.0 Å². The highest BCUT2D eigenvalue weighted by Gasteiger charge is 2.21. The van der Waals surface area contributed by atoms with Crippen molar-refractivity contribution in [2.45, 2.75) is 11.8 Å². The standard InChI is InChI=1S/C14H10Cl2N2O4S/c1-7-5-10-11(22-14(19)17-10)6-12(7)23(20,21)18-9-4-2-3-8(15)13(9)16/h2-6,18H,1H3,(H,17,19). The lowest BCUT2D eigenvalue weighted by atomic mass is 10.2. The molecule has 0 aliphatic rings. The first-order valence-electron chi connectivity index (χ1n) is 6.38. The van der Waals surface area contributed by atoms with Crippen LogP contribution in [0.4, 0.5) is 5.69 Å². The van der Waals surface area contributed by atoms with E-state index in [1.54, 1.807) is 19.1 Å². The van der Waals surface area contributed by atoms with Crippen LogP contribution in [0.3, 0.4) is 0 Å². The normalized spacial score (nSPS) is 11.8. The molecule has 0 amide bonds. The fourth-order valence-electron chi connectivity index (χ4n) is 2.16. The molecule has 0 unspecified atom stereocenters. The van der Waals surface area contributed by atoms with Gasteiger partial charge in [-0.2, -0.15) is 0 Å². The molecule has 0 saturated carbocycles. The Morgan fingerprint density at radius 1 is 1.22 bits per heavy atom. The number of aryl methyl sites for hydroxylation is 1. The van der Waals surface area contributed by atoms with Crippen molar-refractivity contribution in [2.24, 2.45) is 0 Å². The van der Waals surface area contributed by atoms with Gasteiger partial charge in [-0.1, -0.05) is 29.3 Å². The van der Waals surface area contributed by atoms with E-state index in [4.69, 9.17) is 27.6 Å². The summed E-state index contributed by atoms with van der Waals surface area (Å²) in [5, 5.41) is 0.334. The van der Waals surface area contributed by atoms with Gasteiger partial charge in [0.15, 0.2) is 5.58 Å². The molecule has 0 saturated heterocycles. The summed E-state index contributed by atoms with van der Waals surface area (Å²) in [4.78, 5) is 13.7. The molecule has 0 radical (unpaired) electrons. The number of H-pyrrole nitrogens is 1. The summed E-state index contributed by atoms with van der Waals surface area (Å²) in [7, 11) is -3.93. The van der Waals surface area contributed by atoms with Crippen molar-refractivity contribution in [3.8, 4) is 0 Å². The minimum absolute atomic E-state index is 0.0243. The molecule has 23 heavy (non-hydrogen) atoms. The zero-order valence-corrected chi connectivity index (χ0v) is 14.0. The third kappa shape index (κ3) is 2.95. The molecule has 0 aliphatic heterocycles. The van der Waals surface area contributed by atoms with E-state index >= 15 is 0 Å². The van der Waals surface area contributed by atoms with Crippen molar-refractivity contribution in [3.05, 3.63) is 56.5 Å². The van der Waals surface area contributed by atoms with E-state index in [2.05, 4.69) is 9.71 Å². The van der Waals surface area contributed by atoms with Gasteiger partial charge in [-0.25, -0.2) is 13.2 Å². The second kappa shape index (κ2) is 5.59. The van der Waals surface area contributed by atoms with Crippen LogP contribution >= 0.6 is 23.2 Å². The zero-order valence-electron chi connectivity index (χ0n) is 11.7. The largest absolute Gasteiger partial charge is 0.417 e. The average Bonchev–Trinajstić information content (AvgIpc) is 2.82. The third-order valence-electron chi connectivity index (χ3n) is 3.20. The Labute approximate surface area is 141 Å². The molecule has 1 heterocycles. The first kappa shape index (κ1) is 15.9. The zero-order chi connectivity index (χ0) is 16.8. The summed E-state index contributed by atoms with van der Waals surface area (Å²) in [6, 6.07) is 7.43. The molecular formula is C14H10Cl2N2O4S. The highest BCUT2D eigenvalue weighted by atomic mass is 35.5. The van der Waals surface area contributed by atoms with Gasteiger partial charge in [-0.3, -0.25) is 9.71 Å². The molecule has 1 aromatic heterocycles. The number of aromatic amines is 1. The van der Waals surface area contributed by atoms with Crippen LogP contribution in [0.15, 0.2) is 44.4 Å². The second-order valence-corrected chi connectivity index (χ2v) is 7.27. The topological polar surface area (TPSA) is 92.2 Å². The number of fused-ring (bicyclic) bond motifs is 1. The highest BCUT2D eigenvalue weighted by molar-refractivity contribution is 7.92. The van der Waals surface area contributed by atoms with Crippen molar-refractivity contribution in [1.29, 1.82) is 0 Å². The first-order chi connectivity index (χ1) is 10.8. The lowest BCUT2D eigenvalue weighted by molar-refractivity contribution is 0.554. The average molecular weight is 373 g/mol. The molecule has 6 nitrogen and oxygen atoms in total. The predicted octanol–water partition coefficient (Wildman–Crippen LogP) is 3.54. The molecule has 2 aromatic carbocycles. The Morgan fingerprint density at radius 3 is 2.70 bits per heavy atom. The van der Waals surface area contributed by atoms with Crippen LogP contribution in [0.2, 0.25) is 10.0 Å². The van der Waals surface area contributed by atoms with Gasteiger partial charge in [0.05, 0.1) is 26.1 Å². The summed E-state index contributed by atoms with van der Waals surface area (Å²) in [5.74, 6) is -0.653. The number of rotatable bonds is 3. The number of oxazole rings is 1. The molecule has 0 spiro atoms. The number of sulfonamides is 1. The molecule has 2 N–H and O–H groups in total. The molecular weight excluding hydrogens is 363 g/mol. The maximum atomic E-state index is 12.6. The van der Waals surface area contributed by atoms with Gasteiger partial charge in [-0.15, -0.1) is 0 Å². The van der Waals surface area contributed by atoms with E-state index in [1.165, 1.54) is 18.2 Å². The molecule has 0 bridgehead atoms. The Hall–Kier alpha value is -1.96. The summed E-state index contributed by atoms with van der Waals surface area (Å²) in [6.07, 6.45) is 0. The molecule has 120 valence electrons. The number of anilines is 1. The molecule has 3 rings (SSSR count). The van der Waals surface area contributed by atoms with Crippen LogP contribution in [0, 0.1) is 6.92 Å². The Bertz CT molecular complexity index is 1070. The maximum absolute atomic E-state index is 12.6. The predicted molar refractivity (Wildman–Crippen MR) is 88.8 cm³/mol. The first-order valence-corrected chi connectivity index (χ1v) is 8.62. The number of hydrogen-bond donors (Lipinski definition) is 2. The van der Waals surface area contributed by atoms with Gasteiger partial charge in [-0.05, 0) is 30.7 Å². The number of benzene rings is 2. The minimum atomic E-state index is -3.93. The number of aromatic nitrogens is 1. The molecule has 0 atom stereocenters. The molecule has 3 aromatic rings. The summed E-state index contributed by atoms with van der Waals surface area (Å²) in [6.45, 7) is 1.61. The van der Waals surface area contributed by atoms with Crippen molar-refractivity contribution < 1.29 is 12.8 Å². The smallest absolute Gasteiger partial charge is 0.408 e. The van der Waals surface area contributed by atoms with Crippen LogP contribution in [-0.4, -0.2) is 13.4 Å². The van der Waals surface area contributed by atoms with Gasteiger partial charge in [0, 0.05) is 6.07 Å². The summed E-state index contributed by atoms with van der Waals surface area (Å²) >= 11 is 11.9. The van der Waals surface area contributed by atoms with Gasteiger partial charge in [0.25, 0.3) is 10.0 Å². The van der Waals surface area contributed by atoms with Crippen molar-refractivity contribution in [3.63, 3.8) is 0 Å². The third-order valence-corrected chi connectivity index (χ3v) is 5.53. The van der Waals surface area contributed by atoms with Crippen LogP contribution in [0.5, 0.6) is 0 Å². The fraction of sp³-hybridized carbons (Fsp3) is 0.0714. The van der Waals surface area contributed by atoms with E-state index in [-0.39, 0.29) is 26.2 Å². The lowest BCUT2D eigenvalue weighted by Gasteiger charge is -2.12. The maximum Gasteiger partial charge on any atom is 0.417 e. The van der Waals surface area contributed by atoms with Gasteiger partial charge in [0.1, 0.15) is 0 Å². The number of hydrogen-bond acceptors (Lipinski definition) is 4. The Morgan fingerprint density at radius 2 is 1.96 bits per heavy atom. The van der Waals surface area contributed by atoms with Crippen molar-refractivity contribution in [2.75, 3.05) is 4.72 Å². The van der Waals surface area contributed by atoms with E-state index in [0.717, 1.165) is 0 Å². The van der Waals surface area contributed by atoms with Crippen LogP contribution < -0.4 is 10.5 Å². The Kier molecular flexibility index (Phi) is 3.87. The van der Waals surface area contributed by atoms with E-state index < -0.39 is 15.8 Å². The van der Waals surface area contributed by atoms with Crippen molar-refractivity contribution >= 4 is 50.0 Å². The van der Waals surface area contributed by atoms with E-state index in [1.807, 2.05) is 0 Å². The Balaban J connectivity index is 2.10. The molecule has 0 fully saturated rings. The summed E-state index contributed by atoms with van der Waals surface area (Å²) < 4.78 is 32.5. The van der Waals surface area contributed by atoms with Crippen LogP contribution in [0.25, 0.3) is 11.1 Å².